The molecule has 0 fully saturated rings. The fraction of sp³-hybridized carbons (Fsp3) is 0.0714. The fourth-order valence-electron chi connectivity index (χ4n) is 1.90. The lowest BCUT2D eigenvalue weighted by molar-refractivity contribution is 0.108. The number of nitrogens with zero attached hydrogens (tertiary/aromatic N) is 2. The number of aliphatic imine (C=N–C) groups is 1. The van der Waals surface area contributed by atoms with Gasteiger partial charge >= 0.3 is 0 Å². The second kappa shape index (κ2) is 4.74. The van der Waals surface area contributed by atoms with E-state index < -0.39 is 10.9 Å². The molecule has 2 heterocycles. The minimum atomic E-state index is -0.854. The molecule has 4 heteroatoms. The van der Waals surface area contributed by atoms with Crippen molar-refractivity contribution in [1.82, 2.24) is 4.98 Å². The number of rotatable bonds is 2. The van der Waals surface area contributed by atoms with Gasteiger partial charge in [0.05, 0.1) is 11.3 Å². The Balaban J connectivity index is 1.87. The highest BCUT2D eigenvalue weighted by Gasteiger charge is 2.21. The Labute approximate surface area is 108 Å². The molecule has 0 spiro atoms. The van der Waals surface area contributed by atoms with Crippen molar-refractivity contribution in [3.05, 3.63) is 59.9 Å². The monoisotopic (exact) mass is 256 g/mol. The van der Waals surface area contributed by atoms with Gasteiger partial charge in [-0.3, -0.25) is 14.8 Å². The molecule has 2 aromatic rings. The summed E-state index contributed by atoms with van der Waals surface area (Å²) < 4.78 is 0. The van der Waals surface area contributed by atoms with Gasteiger partial charge in [-0.05, 0) is 29.8 Å². The zero-order chi connectivity index (χ0) is 12.4. The van der Waals surface area contributed by atoms with Crippen LogP contribution in [0.5, 0.6) is 0 Å². The van der Waals surface area contributed by atoms with Gasteiger partial charge in [0.25, 0.3) is 0 Å². The number of carbonyl (C=O) groups is 1. The van der Waals surface area contributed by atoms with E-state index in [-0.39, 0.29) is 5.12 Å². The van der Waals surface area contributed by atoms with Crippen LogP contribution in [0.25, 0.3) is 0 Å². The van der Waals surface area contributed by atoms with E-state index >= 15 is 0 Å². The Hall–Kier alpha value is -1.94. The van der Waals surface area contributed by atoms with Crippen LogP contribution >= 0.6 is 10.9 Å². The molecule has 0 aliphatic carbocycles. The number of pyridine rings is 1. The molecule has 0 saturated heterocycles. The Morgan fingerprint density at radius 2 is 1.83 bits per heavy atom. The molecular formula is C14H12N2OS. The SMILES string of the molecule is O=C1c2ccccc2N=C[SH]1Cc1ccncc1. The zero-order valence-electron chi connectivity index (χ0n) is 9.65. The molecule has 18 heavy (non-hydrogen) atoms. The Kier molecular flexibility index (Phi) is 2.94. The lowest BCUT2D eigenvalue weighted by Crippen LogP contribution is -2.07. The van der Waals surface area contributed by atoms with Crippen molar-refractivity contribution < 1.29 is 4.79 Å². The summed E-state index contributed by atoms with van der Waals surface area (Å²) in [6.45, 7) is 0. The molecule has 0 radical (unpaired) electrons. The minimum absolute atomic E-state index is 0.215. The van der Waals surface area contributed by atoms with Gasteiger partial charge < -0.3 is 0 Å². The van der Waals surface area contributed by atoms with Crippen molar-refractivity contribution >= 4 is 27.2 Å². The van der Waals surface area contributed by atoms with Gasteiger partial charge in [-0.15, -0.1) is 10.9 Å². The number of thiol groups is 1. The van der Waals surface area contributed by atoms with Crippen LogP contribution < -0.4 is 0 Å². The van der Waals surface area contributed by atoms with Crippen molar-refractivity contribution in [3.8, 4) is 0 Å². The van der Waals surface area contributed by atoms with Gasteiger partial charge in [0.15, 0.2) is 0 Å². The van der Waals surface area contributed by atoms with Crippen LogP contribution in [0.3, 0.4) is 0 Å². The third-order valence-corrected chi connectivity index (χ3v) is 4.70. The van der Waals surface area contributed by atoms with Crippen LogP contribution in [0.4, 0.5) is 5.69 Å². The highest BCUT2D eigenvalue weighted by Crippen LogP contribution is 2.39. The Morgan fingerprint density at radius 3 is 2.67 bits per heavy atom. The molecule has 1 aliphatic heterocycles. The number of hydrogen-bond donors (Lipinski definition) is 1. The molecule has 0 N–H and O–H groups in total. The first kappa shape index (κ1) is 11.2. The number of aromatic nitrogens is 1. The quantitative estimate of drug-likeness (QED) is 0.839. The first-order chi connectivity index (χ1) is 8.84. The highest BCUT2D eigenvalue weighted by molar-refractivity contribution is 8.39. The molecule has 1 aromatic carbocycles. The normalized spacial score (nSPS) is 19.6. The van der Waals surface area contributed by atoms with Crippen LogP contribution in [0.15, 0.2) is 53.8 Å². The van der Waals surface area contributed by atoms with Crippen molar-refractivity contribution in [2.24, 2.45) is 4.99 Å². The standard InChI is InChI=1S/C14H12N2OS/c17-14-12-3-1-2-4-13(12)16-10-18(14)9-11-5-7-15-8-6-11/h1-8,10,18H,9H2. The summed E-state index contributed by atoms with van der Waals surface area (Å²) in [6.07, 6.45) is 3.51. The number of fused-ring (bicyclic) bond motifs is 1. The number of para-hydroxylation sites is 1. The number of hydrogen-bond acceptors (Lipinski definition) is 3. The molecule has 1 aliphatic rings. The number of benzene rings is 1. The Morgan fingerprint density at radius 1 is 1.06 bits per heavy atom. The van der Waals surface area contributed by atoms with E-state index in [0.717, 1.165) is 22.6 Å². The van der Waals surface area contributed by atoms with E-state index in [1.807, 2.05) is 41.9 Å². The van der Waals surface area contributed by atoms with Crippen molar-refractivity contribution in [2.45, 2.75) is 5.75 Å². The molecular weight excluding hydrogens is 244 g/mol. The summed E-state index contributed by atoms with van der Waals surface area (Å²) >= 11 is 0. The summed E-state index contributed by atoms with van der Waals surface area (Å²) in [5.41, 5.74) is 4.49. The molecule has 1 aromatic heterocycles. The predicted molar refractivity (Wildman–Crippen MR) is 75.9 cm³/mol. The maximum atomic E-state index is 12.3. The predicted octanol–water partition coefficient (Wildman–Crippen LogP) is 3.10. The van der Waals surface area contributed by atoms with E-state index in [1.54, 1.807) is 12.4 Å². The molecule has 3 nitrogen and oxygen atoms in total. The average molecular weight is 256 g/mol. The van der Waals surface area contributed by atoms with Crippen LogP contribution in [0.1, 0.15) is 15.9 Å². The Bertz CT molecular complexity index is 610. The maximum absolute atomic E-state index is 12.3. The van der Waals surface area contributed by atoms with E-state index in [2.05, 4.69) is 9.98 Å². The van der Waals surface area contributed by atoms with E-state index in [1.165, 1.54) is 0 Å². The minimum Gasteiger partial charge on any atom is -0.283 e. The largest absolute Gasteiger partial charge is 0.283 e. The number of carbonyl (C=O) groups excluding carboxylic acids is 1. The van der Waals surface area contributed by atoms with Gasteiger partial charge in [-0.2, -0.15) is 0 Å². The lowest BCUT2D eigenvalue weighted by Gasteiger charge is -2.20. The second-order valence-electron chi connectivity index (χ2n) is 4.05. The first-order valence-electron chi connectivity index (χ1n) is 5.68. The third kappa shape index (κ3) is 2.07. The first-order valence-corrected chi connectivity index (χ1v) is 7.27. The fourth-order valence-corrected chi connectivity index (χ4v) is 3.60. The smallest absolute Gasteiger partial charge is 0.207 e. The topological polar surface area (TPSA) is 42.3 Å². The average Bonchev–Trinajstić information content (AvgIpc) is 2.43. The molecule has 1 unspecified atom stereocenters. The highest BCUT2D eigenvalue weighted by atomic mass is 32.2. The summed E-state index contributed by atoms with van der Waals surface area (Å²) in [7, 11) is -0.854. The van der Waals surface area contributed by atoms with Gasteiger partial charge in [-0.1, -0.05) is 12.1 Å². The summed E-state index contributed by atoms with van der Waals surface area (Å²) in [5, 5.41) is 0.215. The summed E-state index contributed by atoms with van der Waals surface area (Å²) in [5.74, 6) is 0.745. The molecule has 90 valence electrons. The molecule has 0 bridgehead atoms. The van der Waals surface area contributed by atoms with Crippen LogP contribution in [0.2, 0.25) is 0 Å². The van der Waals surface area contributed by atoms with Gasteiger partial charge in [0, 0.05) is 23.7 Å². The summed E-state index contributed by atoms with van der Waals surface area (Å²) in [4.78, 5) is 20.7. The van der Waals surface area contributed by atoms with Crippen LogP contribution in [0, 0.1) is 0 Å². The van der Waals surface area contributed by atoms with E-state index in [9.17, 15) is 4.79 Å². The van der Waals surface area contributed by atoms with E-state index in [0.29, 0.717) is 0 Å². The third-order valence-electron chi connectivity index (χ3n) is 2.83. The second-order valence-corrected chi connectivity index (χ2v) is 5.94. The lowest BCUT2D eigenvalue weighted by atomic mass is 10.2. The molecule has 0 amide bonds. The van der Waals surface area contributed by atoms with Gasteiger partial charge in [0.1, 0.15) is 0 Å². The molecule has 1 atom stereocenters. The van der Waals surface area contributed by atoms with Gasteiger partial charge in [-0.25, -0.2) is 0 Å². The van der Waals surface area contributed by atoms with Crippen LogP contribution in [-0.2, 0) is 5.75 Å². The maximum Gasteiger partial charge on any atom is 0.207 e. The molecule has 3 rings (SSSR count). The van der Waals surface area contributed by atoms with Crippen molar-refractivity contribution in [3.63, 3.8) is 0 Å². The zero-order valence-corrected chi connectivity index (χ0v) is 10.5. The van der Waals surface area contributed by atoms with Gasteiger partial charge in [0.2, 0.25) is 5.12 Å². The molecule has 0 saturated carbocycles. The van der Waals surface area contributed by atoms with E-state index in [4.69, 9.17) is 0 Å². The van der Waals surface area contributed by atoms with Crippen molar-refractivity contribution in [2.75, 3.05) is 0 Å². The van der Waals surface area contributed by atoms with Crippen LogP contribution in [-0.4, -0.2) is 15.6 Å². The summed E-state index contributed by atoms with van der Waals surface area (Å²) in [6, 6.07) is 11.4. The van der Waals surface area contributed by atoms with Crippen molar-refractivity contribution in [1.29, 1.82) is 0 Å².